The second-order valence-corrected chi connectivity index (χ2v) is 5.25. The lowest BCUT2D eigenvalue weighted by Crippen LogP contribution is -2.44. The highest BCUT2D eigenvalue weighted by Gasteiger charge is 2.27. The molecule has 0 aromatic rings. The van der Waals surface area contributed by atoms with Crippen LogP contribution in [0.15, 0.2) is 0 Å². The Morgan fingerprint density at radius 3 is 2.53 bits per heavy atom. The van der Waals surface area contributed by atoms with Crippen LogP contribution in [0, 0.1) is 0 Å². The predicted octanol–water partition coefficient (Wildman–Crippen LogP) is 1.15. The van der Waals surface area contributed by atoms with E-state index < -0.39 is 0 Å². The van der Waals surface area contributed by atoms with Gasteiger partial charge in [0.15, 0.2) is 0 Å². The molecule has 2 aliphatic carbocycles. The Labute approximate surface area is 92.4 Å². The van der Waals surface area contributed by atoms with Crippen LogP contribution in [-0.4, -0.2) is 29.3 Å². The second kappa shape index (κ2) is 5.28. The van der Waals surface area contributed by atoms with E-state index in [1.165, 1.54) is 25.7 Å². The maximum Gasteiger partial charge on any atom is 0.0693 e. The highest BCUT2D eigenvalue weighted by atomic mass is 16.3. The van der Waals surface area contributed by atoms with Gasteiger partial charge in [-0.15, -0.1) is 0 Å². The van der Waals surface area contributed by atoms with Crippen LogP contribution in [0.25, 0.3) is 0 Å². The molecule has 4 unspecified atom stereocenters. The van der Waals surface area contributed by atoms with Crippen LogP contribution in [0.3, 0.4) is 0 Å². The lowest BCUT2D eigenvalue weighted by atomic mass is 10.0. The molecule has 3 nitrogen and oxygen atoms in total. The monoisotopic (exact) mass is 212 g/mol. The zero-order chi connectivity index (χ0) is 10.7. The standard InChI is InChI=1S/C12H24N2O/c13-9-6-7-10(8-9)14-11-4-2-1-3-5-12(11)15/h9-12,14-15H,1-8,13H2. The SMILES string of the molecule is NC1CCC(NC2CCCCCC2O)C1. The van der Waals surface area contributed by atoms with Gasteiger partial charge in [-0.05, 0) is 32.1 Å². The molecule has 0 spiro atoms. The molecule has 0 aromatic carbocycles. The van der Waals surface area contributed by atoms with Crippen molar-refractivity contribution in [3.8, 4) is 0 Å². The third-order valence-electron chi connectivity index (χ3n) is 3.90. The summed E-state index contributed by atoms with van der Waals surface area (Å²) in [5.74, 6) is 0. The number of nitrogens with two attached hydrogens (primary N) is 1. The Hall–Kier alpha value is -0.120. The summed E-state index contributed by atoms with van der Waals surface area (Å²) in [6, 6.07) is 1.26. The van der Waals surface area contributed by atoms with Crippen LogP contribution >= 0.6 is 0 Å². The zero-order valence-corrected chi connectivity index (χ0v) is 9.49. The first-order chi connectivity index (χ1) is 7.25. The number of hydrogen-bond acceptors (Lipinski definition) is 3. The topological polar surface area (TPSA) is 58.3 Å². The quantitative estimate of drug-likeness (QED) is 0.602. The van der Waals surface area contributed by atoms with Crippen molar-refractivity contribution in [2.75, 3.05) is 0 Å². The maximum atomic E-state index is 9.98. The summed E-state index contributed by atoms with van der Waals surface area (Å²) in [4.78, 5) is 0. The zero-order valence-electron chi connectivity index (χ0n) is 9.49. The first kappa shape index (κ1) is 11.4. The van der Waals surface area contributed by atoms with E-state index in [0.29, 0.717) is 18.1 Å². The van der Waals surface area contributed by atoms with E-state index >= 15 is 0 Å². The van der Waals surface area contributed by atoms with Crippen LogP contribution in [0.2, 0.25) is 0 Å². The molecule has 2 rings (SSSR count). The van der Waals surface area contributed by atoms with Gasteiger partial charge in [0, 0.05) is 18.1 Å². The molecule has 15 heavy (non-hydrogen) atoms. The van der Waals surface area contributed by atoms with Crippen molar-refractivity contribution >= 4 is 0 Å². The Balaban J connectivity index is 1.81. The van der Waals surface area contributed by atoms with Gasteiger partial charge in [-0.25, -0.2) is 0 Å². The Bertz CT molecular complexity index is 198. The summed E-state index contributed by atoms with van der Waals surface area (Å²) >= 11 is 0. The minimum absolute atomic E-state index is 0.135. The summed E-state index contributed by atoms with van der Waals surface area (Å²) in [6.07, 6.45) is 9.10. The van der Waals surface area contributed by atoms with Gasteiger partial charge in [0.1, 0.15) is 0 Å². The van der Waals surface area contributed by atoms with Crippen LogP contribution in [0.1, 0.15) is 51.4 Å². The molecule has 2 fully saturated rings. The minimum atomic E-state index is -0.135. The van der Waals surface area contributed by atoms with Crippen molar-refractivity contribution in [1.82, 2.24) is 5.32 Å². The molecule has 0 aliphatic heterocycles. The average molecular weight is 212 g/mol. The van der Waals surface area contributed by atoms with E-state index in [4.69, 9.17) is 5.73 Å². The molecule has 4 N–H and O–H groups in total. The highest BCUT2D eigenvalue weighted by Crippen LogP contribution is 2.22. The number of aliphatic hydroxyl groups excluding tert-OH is 1. The molecular formula is C12H24N2O. The van der Waals surface area contributed by atoms with E-state index in [1.807, 2.05) is 0 Å². The third-order valence-corrected chi connectivity index (χ3v) is 3.90. The lowest BCUT2D eigenvalue weighted by molar-refractivity contribution is 0.114. The van der Waals surface area contributed by atoms with Crippen LogP contribution in [0.4, 0.5) is 0 Å². The minimum Gasteiger partial charge on any atom is -0.392 e. The normalized spacial score (nSPS) is 42.8. The fraction of sp³-hybridized carbons (Fsp3) is 1.00. The molecule has 4 atom stereocenters. The van der Waals surface area contributed by atoms with Gasteiger partial charge < -0.3 is 16.2 Å². The van der Waals surface area contributed by atoms with Crippen molar-refractivity contribution in [3.05, 3.63) is 0 Å². The van der Waals surface area contributed by atoms with Gasteiger partial charge in [-0.3, -0.25) is 0 Å². The summed E-state index contributed by atoms with van der Waals surface area (Å²) < 4.78 is 0. The number of hydrogen-bond donors (Lipinski definition) is 3. The van der Waals surface area contributed by atoms with E-state index in [-0.39, 0.29) is 6.10 Å². The predicted molar refractivity (Wildman–Crippen MR) is 61.6 cm³/mol. The summed E-state index contributed by atoms with van der Waals surface area (Å²) in [5, 5.41) is 13.6. The molecule has 3 heteroatoms. The summed E-state index contributed by atoms with van der Waals surface area (Å²) in [7, 11) is 0. The molecule has 2 aliphatic rings. The molecule has 0 radical (unpaired) electrons. The van der Waals surface area contributed by atoms with Gasteiger partial charge in [0.05, 0.1) is 6.10 Å². The smallest absolute Gasteiger partial charge is 0.0693 e. The second-order valence-electron chi connectivity index (χ2n) is 5.25. The van der Waals surface area contributed by atoms with E-state index in [1.54, 1.807) is 0 Å². The average Bonchev–Trinajstić information content (AvgIpc) is 2.50. The molecule has 0 heterocycles. The fourth-order valence-corrected chi connectivity index (χ4v) is 2.95. The van der Waals surface area contributed by atoms with E-state index in [2.05, 4.69) is 5.32 Å². The van der Waals surface area contributed by atoms with Gasteiger partial charge in [-0.1, -0.05) is 19.3 Å². The van der Waals surface area contributed by atoms with E-state index in [0.717, 1.165) is 25.7 Å². The Morgan fingerprint density at radius 2 is 1.80 bits per heavy atom. The first-order valence-corrected chi connectivity index (χ1v) is 6.45. The molecule has 0 aromatic heterocycles. The van der Waals surface area contributed by atoms with Crippen molar-refractivity contribution in [2.45, 2.75) is 75.6 Å². The lowest BCUT2D eigenvalue weighted by Gasteiger charge is -2.25. The summed E-state index contributed by atoms with van der Waals surface area (Å²) in [5.41, 5.74) is 5.89. The third kappa shape index (κ3) is 3.16. The molecule has 0 bridgehead atoms. The Kier molecular flexibility index (Phi) is 4.00. The molecule has 88 valence electrons. The van der Waals surface area contributed by atoms with Crippen molar-refractivity contribution in [1.29, 1.82) is 0 Å². The fourth-order valence-electron chi connectivity index (χ4n) is 2.95. The first-order valence-electron chi connectivity index (χ1n) is 6.45. The van der Waals surface area contributed by atoms with Crippen molar-refractivity contribution in [2.24, 2.45) is 5.73 Å². The number of rotatable bonds is 2. The van der Waals surface area contributed by atoms with Crippen LogP contribution in [-0.2, 0) is 0 Å². The molecule has 2 saturated carbocycles. The van der Waals surface area contributed by atoms with Crippen molar-refractivity contribution in [3.63, 3.8) is 0 Å². The van der Waals surface area contributed by atoms with Crippen LogP contribution < -0.4 is 11.1 Å². The Morgan fingerprint density at radius 1 is 1.00 bits per heavy atom. The van der Waals surface area contributed by atoms with Crippen molar-refractivity contribution < 1.29 is 5.11 Å². The van der Waals surface area contributed by atoms with E-state index in [9.17, 15) is 5.11 Å². The van der Waals surface area contributed by atoms with Gasteiger partial charge in [-0.2, -0.15) is 0 Å². The van der Waals surface area contributed by atoms with Gasteiger partial charge >= 0.3 is 0 Å². The molecule has 0 saturated heterocycles. The molecule has 0 amide bonds. The number of aliphatic hydroxyl groups is 1. The largest absolute Gasteiger partial charge is 0.392 e. The maximum absolute atomic E-state index is 9.98. The van der Waals surface area contributed by atoms with Gasteiger partial charge in [0.2, 0.25) is 0 Å². The summed E-state index contributed by atoms with van der Waals surface area (Å²) in [6.45, 7) is 0. The van der Waals surface area contributed by atoms with Crippen LogP contribution in [0.5, 0.6) is 0 Å². The molecular weight excluding hydrogens is 188 g/mol. The highest BCUT2D eigenvalue weighted by molar-refractivity contribution is 4.88. The van der Waals surface area contributed by atoms with Gasteiger partial charge in [0.25, 0.3) is 0 Å². The number of nitrogens with one attached hydrogen (secondary N) is 1.